The van der Waals surface area contributed by atoms with Gasteiger partial charge >= 0.3 is 5.97 Å². The minimum Gasteiger partial charge on any atom is -0.496 e. The van der Waals surface area contributed by atoms with Crippen molar-refractivity contribution in [3.63, 3.8) is 0 Å². The van der Waals surface area contributed by atoms with E-state index in [4.69, 9.17) is 21.1 Å². The van der Waals surface area contributed by atoms with E-state index in [1.165, 1.54) is 19.2 Å². The van der Waals surface area contributed by atoms with Crippen LogP contribution < -0.4 is 10.1 Å². The minimum atomic E-state index is -1.06. The first-order chi connectivity index (χ1) is 17.5. The third-order valence-corrected chi connectivity index (χ3v) is 6.43. The molecule has 8 heteroatoms. The number of hydrogen-bond donors (Lipinski definition) is 3. The Balaban J connectivity index is 1.61. The number of aliphatic hydroxyl groups is 1. The van der Waals surface area contributed by atoms with E-state index in [1.54, 1.807) is 24.3 Å². The smallest absolute Gasteiger partial charge is 0.339 e. The van der Waals surface area contributed by atoms with Crippen LogP contribution >= 0.6 is 11.6 Å². The molecule has 0 bridgehead atoms. The van der Waals surface area contributed by atoms with Crippen LogP contribution in [0.15, 0.2) is 60.7 Å². The van der Waals surface area contributed by atoms with Gasteiger partial charge in [0.15, 0.2) is 0 Å². The SMILES string of the molecule is COc1cc(-c2ccccc2[C@@H](C)OC[C@H](O)CNC(C)(C)Cc2ccc(Cl)c(F)c2)ccc1C(=O)O. The van der Waals surface area contributed by atoms with Crippen LogP contribution in [0.25, 0.3) is 11.1 Å². The predicted octanol–water partition coefficient (Wildman–Crippen LogP) is 5.90. The number of hydrogen-bond acceptors (Lipinski definition) is 5. The van der Waals surface area contributed by atoms with E-state index in [1.807, 2.05) is 45.0 Å². The number of carboxylic acid groups (broad SMARTS) is 1. The molecule has 3 aromatic carbocycles. The van der Waals surface area contributed by atoms with Gasteiger partial charge in [-0.1, -0.05) is 48.0 Å². The van der Waals surface area contributed by atoms with Crippen molar-refractivity contribution in [2.75, 3.05) is 20.3 Å². The van der Waals surface area contributed by atoms with Crippen LogP contribution in [0.2, 0.25) is 5.02 Å². The van der Waals surface area contributed by atoms with Gasteiger partial charge in [0, 0.05) is 12.1 Å². The van der Waals surface area contributed by atoms with Crippen molar-refractivity contribution in [2.24, 2.45) is 0 Å². The molecule has 0 radical (unpaired) electrons. The van der Waals surface area contributed by atoms with Gasteiger partial charge in [0.2, 0.25) is 0 Å². The third-order valence-electron chi connectivity index (χ3n) is 6.13. The molecule has 6 nitrogen and oxygen atoms in total. The summed E-state index contributed by atoms with van der Waals surface area (Å²) >= 11 is 5.77. The molecular weight excluding hydrogens is 497 g/mol. The summed E-state index contributed by atoms with van der Waals surface area (Å²) in [6.07, 6.45) is -0.533. The average molecular weight is 530 g/mol. The summed E-state index contributed by atoms with van der Waals surface area (Å²) in [5, 5.41) is 23.3. The van der Waals surface area contributed by atoms with Crippen molar-refractivity contribution in [3.8, 4) is 16.9 Å². The monoisotopic (exact) mass is 529 g/mol. The summed E-state index contributed by atoms with van der Waals surface area (Å²) in [7, 11) is 1.44. The molecule has 0 heterocycles. The summed E-state index contributed by atoms with van der Waals surface area (Å²) in [6.45, 7) is 6.27. The highest BCUT2D eigenvalue weighted by molar-refractivity contribution is 6.30. The maximum absolute atomic E-state index is 13.8. The molecule has 3 aromatic rings. The number of ether oxygens (including phenoxy) is 2. The topological polar surface area (TPSA) is 88.0 Å². The van der Waals surface area contributed by atoms with E-state index in [0.717, 1.165) is 22.3 Å². The van der Waals surface area contributed by atoms with Gasteiger partial charge in [0.1, 0.15) is 17.1 Å². The molecule has 3 N–H and O–H groups in total. The molecule has 0 amide bonds. The quantitative estimate of drug-likeness (QED) is 0.271. The largest absolute Gasteiger partial charge is 0.496 e. The van der Waals surface area contributed by atoms with Crippen molar-refractivity contribution < 1.29 is 28.9 Å². The highest BCUT2D eigenvalue weighted by Crippen LogP contribution is 2.33. The standard InChI is InChI=1S/C29H33ClFNO5/c1-18(22-7-5-6-8-23(22)20-10-11-24(28(34)35)27(14-20)36-4)37-17-21(33)16-32-29(2,3)15-19-9-12-25(30)26(31)13-19/h5-14,18,21,32-33H,15-17H2,1-4H3,(H,34,35)/t18-,21-/m1/s1. The van der Waals surface area contributed by atoms with E-state index < -0.39 is 17.9 Å². The van der Waals surface area contributed by atoms with Crippen molar-refractivity contribution in [1.29, 1.82) is 0 Å². The zero-order chi connectivity index (χ0) is 27.2. The van der Waals surface area contributed by atoms with Gasteiger partial charge in [-0.15, -0.1) is 0 Å². The molecule has 0 aliphatic carbocycles. The first-order valence-electron chi connectivity index (χ1n) is 12.0. The number of methoxy groups -OCH3 is 1. The summed E-state index contributed by atoms with van der Waals surface area (Å²) in [5.74, 6) is -1.23. The normalized spacial score (nSPS) is 13.3. The fraction of sp³-hybridized carbons (Fsp3) is 0.345. The Morgan fingerprint density at radius 3 is 2.54 bits per heavy atom. The van der Waals surface area contributed by atoms with Gasteiger partial charge < -0.3 is 25.0 Å². The first kappa shape index (κ1) is 28.6. The number of aromatic carboxylic acids is 1. The predicted molar refractivity (Wildman–Crippen MR) is 143 cm³/mol. The highest BCUT2D eigenvalue weighted by atomic mass is 35.5. The van der Waals surface area contributed by atoms with Gasteiger partial charge in [0.25, 0.3) is 0 Å². The fourth-order valence-electron chi connectivity index (χ4n) is 4.17. The number of aliphatic hydroxyl groups excluding tert-OH is 1. The van der Waals surface area contributed by atoms with Crippen molar-refractivity contribution in [1.82, 2.24) is 5.32 Å². The fourth-order valence-corrected chi connectivity index (χ4v) is 4.29. The summed E-state index contributed by atoms with van der Waals surface area (Å²) in [4.78, 5) is 11.4. The van der Waals surface area contributed by atoms with Gasteiger partial charge in [0.05, 0.1) is 30.9 Å². The minimum absolute atomic E-state index is 0.0905. The molecule has 3 rings (SSSR count). The van der Waals surface area contributed by atoms with E-state index in [9.17, 15) is 19.4 Å². The number of carbonyl (C=O) groups is 1. The van der Waals surface area contributed by atoms with Gasteiger partial charge in [-0.2, -0.15) is 0 Å². The molecule has 0 aliphatic rings. The number of halogens is 2. The summed E-state index contributed by atoms with van der Waals surface area (Å²) in [6, 6.07) is 17.4. The zero-order valence-corrected chi connectivity index (χ0v) is 22.2. The number of carboxylic acids is 1. The van der Waals surface area contributed by atoms with E-state index in [-0.39, 0.29) is 34.6 Å². The van der Waals surface area contributed by atoms with E-state index in [2.05, 4.69) is 5.32 Å². The Bertz CT molecular complexity index is 1230. The molecule has 0 aliphatic heterocycles. The second kappa shape index (κ2) is 12.5. The number of nitrogens with one attached hydrogen (secondary N) is 1. The highest BCUT2D eigenvalue weighted by Gasteiger charge is 2.21. The van der Waals surface area contributed by atoms with Crippen LogP contribution in [0.3, 0.4) is 0 Å². The lowest BCUT2D eigenvalue weighted by molar-refractivity contribution is -0.00397. The molecule has 0 saturated heterocycles. The average Bonchev–Trinajstić information content (AvgIpc) is 2.87. The second-order valence-corrected chi connectivity index (χ2v) is 10.0. The van der Waals surface area contributed by atoms with Crippen molar-refractivity contribution in [3.05, 3.63) is 88.2 Å². The summed E-state index contributed by atoms with van der Waals surface area (Å²) in [5.41, 5.74) is 3.10. The van der Waals surface area contributed by atoms with Gasteiger partial charge in [-0.05, 0) is 73.7 Å². The first-order valence-corrected chi connectivity index (χ1v) is 12.4. The maximum Gasteiger partial charge on any atom is 0.339 e. The molecule has 0 fully saturated rings. The van der Waals surface area contributed by atoms with Crippen molar-refractivity contribution in [2.45, 2.75) is 44.9 Å². The van der Waals surface area contributed by atoms with Crippen LogP contribution in [-0.4, -0.2) is 48.1 Å². The Labute approximate surface area is 222 Å². The number of β-amino-alcohol motifs (C(OH)–C–C–N with tert-alkyl or cyclic N) is 1. The molecule has 2 atom stereocenters. The second-order valence-electron chi connectivity index (χ2n) is 9.63. The Kier molecular flexibility index (Phi) is 9.68. The lowest BCUT2D eigenvalue weighted by Gasteiger charge is -2.28. The van der Waals surface area contributed by atoms with Crippen LogP contribution in [0.5, 0.6) is 5.75 Å². The lowest BCUT2D eigenvalue weighted by atomic mass is 9.94. The third kappa shape index (κ3) is 7.76. The molecular formula is C29H33ClFNO5. The van der Waals surface area contributed by atoms with Crippen LogP contribution in [0.4, 0.5) is 4.39 Å². The van der Waals surface area contributed by atoms with Crippen LogP contribution in [0.1, 0.15) is 48.4 Å². The van der Waals surface area contributed by atoms with E-state index >= 15 is 0 Å². The Morgan fingerprint density at radius 1 is 1.14 bits per heavy atom. The molecule has 198 valence electrons. The molecule has 0 spiro atoms. The van der Waals surface area contributed by atoms with Crippen molar-refractivity contribution >= 4 is 17.6 Å². The lowest BCUT2D eigenvalue weighted by Crippen LogP contribution is -2.46. The number of rotatable bonds is 12. The van der Waals surface area contributed by atoms with Gasteiger partial charge in [-0.25, -0.2) is 9.18 Å². The summed E-state index contributed by atoms with van der Waals surface area (Å²) < 4.78 is 25.0. The molecule has 0 unspecified atom stereocenters. The number of benzene rings is 3. The zero-order valence-electron chi connectivity index (χ0n) is 21.4. The van der Waals surface area contributed by atoms with Gasteiger partial charge in [-0.3, -0.25) is 0 Å². The van der Waals surface area contributed by atoms with Crippen LogP contribution in [-0.2, 0) is 11.2 Å². The molecule has 0 saturated carbocycles. The maximum atomic E-state index is 13.8. The van der Waals surface area contributed by atoms with Crippen LogP contribution in [0, 0.1) is 5.82 Å². The Morgan fingerprint density at radius 2 is 1.86 bits per heavy atom. The molecule has 0 aromatic heterocycles. The molecule has 37 heavy (non-hydrogen) atoms. The van der Waals surface area contributed by atoms with E-state index in [0.29, 0.717) is 13.0 Å². The Hall–Kier alpha value is -2.97.